The van der Waals surface area contributed by atoms with Gasteiger partial charge in [0, 0.05) is 4.90 Å². The first-order chi connectivity index (χ1) is 8.08. The number of carbonyl (C=O) groups is 2. The highest BCUT2D eigenvalue weighted by Gasteiger charge is 2.12. The van der Waals surface area contributed by atoms with E-state index in [-0.39, 0.29) is 17.7 Å². The van der Waals surface area contributed by atoms with E-state index in [2.05, 4.69) is 0 Å². The molecule has 0 aliphatic heterocycles. The summed E-state index contributed by atoms with van der Waals surface area (Å²) in [5.41, 5.74) is 0.384. The van der Waals surface area contributed by atoms with Crippen molar-refractivity contribution in [1.82, 2.24) is 0 Å². The average Bonchev–Trinajstić information content (AvgIpc) is 2.29. The molecule has 0 radical (unpaired) electrons. The molecule has 1 N–H and O–H groups in total. The van der Waals surface area contributed by atoms with Crippen molar-refractivity contribution < 1.29 is 19.4 Å². The second-order valence-electron chi connectivity index (χ2n) is 3.20. The molecule has 1 rings (SSSR count). The highest BCUT2D eigenvalue weighted by molar-refractivity contribution is 7.99. The Hall–Kier alpha value is -1.49. The first-order valence-electron chi connectivity index (χ1n) is 5.26. The van der Waals surface area contributed by atoms with Crippen LogP contribution in [-0.4, -0.2) is 29.4 Å². The smallest absolute Gasteiger partial charge is 0.338 e. The monoisotopic (exact) mass is 254 g/mol. The standard InChI is InChI=1S/C12H14O4S/c1-3-16-12(15)9-5-8(11(13)14)6-10(7-9)17-4-2/h5-7H,3-4H2,1-2H3,(H,13,14). The second kappa shape index (κ2) is 6.30. The summed E-state index contributed by atoms with van der Waals surface area (Å²) in [6.07, 6.45) is 0. The van der Waals surface area contributed by atoms with Crippen molar-refractivity contribution in [3.8, 4) is 0 Å². The molecule has 17 heavy (non-hydrogen) atoms. The van der Waals surface area contributed by atoms with Gasteiger partial charge in [0.1, 0.15) is 0 Å². The maximum Gasteiger partial charge on any atom is 0.338 e. The summed E-state index contributed by atoms with van der Waals surface area (Å²) in [4.78, 5) is 23.2. The third-order valence-electron chi connectivity index (χ3n) is 1.98. The minimum atomic E-state index is -1.05. The van der Waals surface area contributed by atoms with E-state index in [1.54, 1.807) is 19.1 Å². The van der Waals surface area contributed by atoms with Crippen LogP contribution in [0.1, 0.15) is 34.6 Å². The minimum absolute atomic E-state index is 0.103. The van der Waals surface area contributed by atoms with Crippen molar-refractivity contribution >= 4 is 23.7 Å². The van der Waals surface area contributed by atoms with Gasteiger partial charge in [0.15, 0.2) is 0 Å². The predicted molar refractivity (Wildman–Crippen MR) is 65.8 cm³/mol. The van der Waals surface area contributed by atoms with Gasteiger partial charge in [-0.05, 0) is 30.9 Å². The fourth-order valence-electron chi connectivity index (χ4n) is 1.30. The first kappa shape index (κ1) is 13.6. The topological polar surface area (TPSA) is 63.6 Å². The molecule has 1 aromatic rings. The molecule has 0 fully saturated rings. The summed E-state index contributed by atoms with van der Waals surface area (Å²) in [5, 5.41) is 8.95. The van der Waals surface area contributed by atoms with Crippen LogP contribution in [0.15, 0.2) is 23.1 Å². The second-order valence-corrected chi connectivity index (χ2v) is 4.54. The summed E-state index contributed by atoms with van der Waals surface area (Å²) in [6.45, 7) is 3.94. The normalized spacial score (nSPS) is 10.0. The molecule has 0 amide bonds. The van der Waals surface area contributed by atoms with Gasteiger partial charge in [-0.2, -0.15) is 0 Å². The van der Waals surface area contributed by atoms with Crippen molar-refractivity contribution in [3.05, 3.63) is 29.3 Å². The lowest BCUT2D eigenvalue weighted by molar-refractivity contribution is 0.0526. The molecule has 1 aromatic carbocycles. The minimum Gasteiger partial charge on any atom is -0.478 e. The molecule has 0 spiro atoms. The average molecular weight is 254 g/mol. The molecule has 0 saturated carbocycles. The Morgan fingerprint density at radius 1 is 1.24 bits per heavy atom. The summed E-state index contributed by atoms with van der Waals surface area (Å²) >= 11 is 1.49. The van der Waals surface area contributed by atoms with Gasteiger partial charge in [-0.25, -0.2) is 9.59 Å². The number of carboxylic acids is 1. The van der Waals surface area contributed by atoms with Crippen molar-refractivity contribution in [2.24, 2.45) is 0 Å². The van der Waals surface area contributed by atoms with Gasteiger partial charge in [0.25, 0.3) is 0 Å². The van der Waals surface area contributed by atoms with Crippen LogP contribution in [0.25, 0.3) is 0 Å². The molecule has 0 aliphatic carbocycles. The molecule has 0 heterocycles. The predicted octanol–water partition coefficient (Wildman–Crippen LogP) is 2.67. The van der Waals surface area contributed by atoms with Crippen LogP contribution in [0, 0.1) is 0 Å². The first-order valence-corrected chi connectivity index (χ1v) is 6.25. The van der Waals surface area contributed by atoms with E-state index in [9.17, 15) is 9.59 Å². The van der Waals surface area contributed by atoms with Crippen LogP contribution in [0.2, 0.25) is 0 Å². The number of thioether (sulfide) groups is 1. The Labute approximate surface area is 104 Å². The molecule has 0 bridgehead atoms. The van der Waals surface area contributed by atoms with Crippen molar-refractivity contribution in [3.63, 3.8) is 0 Å². The van der Waals surface area contributed by atoms with Crippen LogP contribution in [0.5, 0.6) is 0 Å². The highest BCUT2D eigenvalue weighted by Crippen LogP contribution is 2.22. The number of carbonyl (C=O) groups excluding carboxylic acids is 1. The summed E-state index contributed by atoms with van der Waals surface area (Å²) in [7, 11) is 0. The van der Waals surface area contributed by atoms with E-state index in [0.717, 1.165) is 10.6 Å². The highest BCUT2D eigenvalue weighted by atomic mass is 32.2. The van der Waals surface area contributed by atoms with E-state index in [0.29, 0.717) is 0 Å². The Morgan fingerprint density at radius 2 is 1.88 bits per heavy atom. The largest absolute Gasteiger partial charge is 0.478 e. The number of rotatable bonds is 5. The van der Waals surface area contributed by atoms with Crippen molar-refractivity contribution in [1.29, 1.82) is 0 Å². The van der Waals surface area contributed by atoms with Crippen LogP contribution >= 0.6 is 11.8 Å². The van der Waals surface area contributed by atoms with Crippen LogP contribution in [0.4, 0.5) is 0 Å². The molecule has 5 heteroatoms. The zero-order valence-corrected chi connectivity index (χ0v) is 10.5. The quantitative estimate of drug-likeness (QED) is 0.646. The number of ether oxygens (including phenoxy) is 1. The van der Waals surface area contributed by atoms with Gasteiger partial charge in [0.2, 0.25) is 0 Å². The Morgan fingerprint density at radius 3 is 2.41 bits per heavy atom. The van der Waals surface area contributed by atoms with Gasteiger partial charge in [-0.15, -0.1) is 11.8 Å². The lowest BCUT2D eigenvalue weighted by atomic mass is 10.1. The van der Waals surface area contributed by atoms with Gasteiger partial charge in [-0.3, -0.25) is 0 Å². The summed E-state index contributed by atoms with van der Waals surface area (Å²) in [6, 6.07) is 4.54. The zero-order valence-electron chi connectivity index (χ0n) is 9.73. The van der Waals surface area contributed by atoms with Gasteiger partial charge >= 0.3 is 11.9 Å². The number of benzene rings is 1. The zero-order chi connectivity index (χ0) is 12.8. The fraction of sp³-hybridized carbons (Fsp3) is 0.333. The lowest BCUT2D eigenvalue weighted by Gasteiger charge is -2.06. The number of esters is 1. The molecule has 0 saturated heterocycles. The van der Waals surface area contributed by atoms with Gasteiger partial charge in [0.05, 0.1) is 17.7 Å². The van der Waals surface area contributed by atoms with E-state index in [1.807, 2.05) is 6.92 Å². The molecule has 92 valence electrons. The third kappa shape index (κ3) is 3.78. The van der Waals surface area contributed by atoms with E-state index in [4.69, 9.17) is 9.84 Å². The summed E-state index contributed by atoms with van der Waals surface area (Å²) < 4.78 is 4.85. The molecule has 0 aliphatic rings. The lowest BCUT2D eigenvalue weighted by Crippen LogP contribution is -2.07. The summed E-state index contributed by atoms with van der Waals surface area (Å²) in [5.74, 6) is -0.728. The fourth-order valence-corrected chi connectivity index (χ4v) is 2.06. The van der Waals surface area contributed by atoms with Crippen molar-refractivity contribution in [2.45, 2.75) is 18.7 Å². The van der Waals surface area contributed by atoms with E-state index >= 15 is 0 Å². The maximum absolute atomic E-state index is 11.6. The van der Waals surface area contributed by atoms with Gasteiger partial charge in [-0.1, -0.05) is 6.92 Å². The van der Waals surface area contributed by atoms with E-state index < -0.39 is 11.9 Å². The van der Waals surface area contributed by atoms with Crippen molar-refractivity contribution in [2.75, 3.05) is 12.4 Å². The molecule has 0 unspecified atom stereocenters. The Balaban J connectivity index is 3.11. The molecule has 0 aromatic heterocycles. The molecule has 4 nitrogen and oxygen atoms in total. The third-order valence-corrected chi connectivity index (χ3v) is 2.83. The van der Waals surface area contributed by atoms with Gasteiger partial charge < -0.3 is 9.84 Å². The van der Waals surface area contributed by atoms with E-state index in [1.165, 1.54) is 17.8 Å². The molecular weight excluding hydrogens is 240 g/mol. The van der Waals surface area contributed by atoms with Crippen LogP contribution in [-0.2, 0) is 4.74 Å². The Kier molecular flexibility index (Phi) is 5.03. The number of hydrogen-bond acceptors (Lipinski definition) is 4. The number of aromatic carboxylic acids is 1. The van der Waals surface area contributed by atoms with Crippen LogP contribution < -0.4 is 0 Å². The maximum atomic E-state index is 11.6. The molecular formula is C12H14O4S. The van der Waals surface area contributed by atoms with Crippen LogP contribution in [0.3, 0.4) is 0 Å². The number of hydrogen-bond donors (Lipinski definition) is 1. The SMILES string of the molecule is CCOC(=O)c1cc(SCC)cc(C(=O)O)c1. The number of carboxylic acid groups (broad SMARTS) is 1. The Bertz CT molecular complexity index is 429. The molecule has 0 atom stereocenters.